The molecule has 0 bridgehead atoms. The number of carbonyl (C=O) groups is 1. The number of nitrogens with zero attached hydrogens (tertiary/aromatic N) is 1. The van der Waals surface area contributed by atoms with Gasteiger partial charge in [0.1, 0.15) is 0 Å². The summed E-state index contributed by atoms with van der Waals surface area (Å²) < 4.78 is 0. The minimum absolute atomic E-state index is 0.382. The van der Waals surface area contributed by atoms with Crippen LogP contribution in [0.3, 0.4) is 0 Å². The molecule has 0 N–H and O–H groups in total. The average molecular weight is 185 g/mol. The maximum Gasteiger partial charge on any atom is 0.226 e. The minimum atomic E-state index is 0.382. The molecule has 12 heavy (non-hydrogen) atoms. The summed E-state index contributed by atoms with van der Waals surface area (Å²) in [6.45, 7) is 4.13. The fourth-order valence-corrected chi connectivity index (χ4v) is 2.59. The lowest BCUT2D eigenvalue weighted by Crippen LogP contribution is -2.39. The molecule has 1 saturated heterocycles. The molecule has 0 aromatic carbocycles. The molecular formula is C9H15NOS. The zero-order valence-corrected chi connectivity index (χ0v) is 8.27. The molecule has 0 spiro atoms. The Balaban J connectivity index is 1.86. The van der Waals surface area contributed by atoms with Gasteiger partial charge >= 0.3 is 0 Å². The van der Waals surface area contributed by atoms with E-state index >= 15 is 0 Å². The second kappa shape index (κ2) is 3.29. The summed E-state index contributed by atoms with van der Waals surface area (Å²) in [5, 5.41) is 0. The summed E-state index contributed by atoms with van der Waals surface area (Å²) >= 11 is 1.96. The van der Waals surface area contributed by atoms with Crippen molar-refractivity contribution in [1.29, 1.82) is 0 Å². The first-order valence-corrected chi connectivity index (χ1v) is 5.81. The lowest BCUT2D eigenvalue weighted by molar-refractivity contribution is -0.132. The van der Waals surface area contributed by atoms with Crippen molar-refractivity contribution < 1.29 is 4.79 Å². The number of amides is 1. The van der Waals surface area contributed by atoms with E-state index in [0.29, 0.717) is 17.7 Å². The van der Waals surface area contributed by atoms with Crippen LogP contribution in [0.5, 0.6) is 0 Å². The highest BCUT2D eigenvalue weighted by molar-refractivity contribution is 7.99. The first kappa shape index (κ1) is 8.42. The zero-order valence-electron chi connectivity index (χ0n) is 7.45. The van der Waals surface area contributed by atoms with E-state index in [2.05, 4.69) is 6.92 Å². The normalized spacial score (nSPS) is 34.9. The van der Waals surface area contributed by atoms with Crippen LogP contribution in [0.4, 0.5) is 0 Å². The lowest BCUT2D eigenvalue weighted by atomic mass is 10.3. The zero-order chi connectivity index (χ0) is 8.55. The molecule has 2 atom stereocenters. The molecule has 0 radical (unpaired) electrons. The van der Waals surface area contributed by atoms with Crippen LogP contribution in [0.25, 0.3) is 0 Å². The summed E-state index contributed by atoms with van der Waals surface area (Å²) in [6.07, 6.45) is 1.13. The van der Waals surface area contributed by atoms with Crippen LogP contribution in [0.2, 0.25) is 0 Å². The molecule has 1 saturated carbocycles. The highest BCUT2D eigenvalue weighted by Crippen LogP contribution is 2.39. The number of carbonyl (C=O) groups excluding carboxylic acids is 1. The molecule has 2 rings (SSSR count). The van der Waals surface area contributed by atoms with Gasteiger partial charge in [0.2, 0.25) is 5.91 Å². The molecule has 2 fully saturated rings. The van der Waals surface area contributed by atoms with Gasteiger partial charge in [-0.3, -0.25) is 4.79 Å². The van der Waals surface area contributed by atoms with Crippen molar-refractivity contribution in [1.82, 2.24) is 4.90 Å². The third-order valence-corrected chi connectivity index (χ3v) is 3.69. The summed E-state index contributed by atoms with van der Waals surface area (Å²) in [4.78, 5) is 13.7. The number of hydrogen-bond acceptors (Lipinski definition) is 2. The second-order valence-corrected chi connectivity index (χ2v) is 4.98. The predicted octanol–water partition coefficient (Wildman–Crippen LogP) is 1.22. The number of hydrogen-bond donors (Lipinski definition) is 0. The van der Waals surface area contributed by atoms with Crippen molar-refractivity contribution in [2.75, 3.05) is 24.6 Å². The SMILES string of the molecule is C[C@H]1C[C@@H]1C(=O)N1CCSCC1. The third kappa shape index (κ3) is 1.60. The van der Waals surface area contributed by atoms with Crippen LogP contribution < -0.4 is 0 Å². The van der Waals surface area contributed by atoms with E-state index in [1.165, 1.54) is 0 Å². The Morgan fingerprint density at radius 2 is 2.00 bits per heavy atom. The molecule has 1 amide bonds. The molecular weight excluding hydrogens is 170 g/mol. The van der Waals surface area contributed by atoms with Crippen LogP contribution in [0.15, 0.2) is 0 Å². The van der Waals surface area contributed by atoms with Gasteiger partial charge in [-0.15, -0.1) is 0 Å². The lowest BCUT2D eigenvalue weighted by Gasteiger charge is -2.26. The standard InChI is InChI=1S/C9H15NOS/c1-7-6-8(7)9(11)10-2-4-12-5-3-10/h7-8H,2-6H2,1H3/t7-,8-/m0/s1. The molecule has 2 aliphatic rings. The summed E-state index contributed by atoms with van der Waals surface area (Å²) in [6, 6.07) is 0. The van der Waals surface area contributed by atoms with Gasteiger partial charge in [0.25, 0.3) is 0 Å². The van der Waals surface area contributed by atoms with E-state index in [1.54, 1.807) is 0 Å². The van der Waals surface area contributed by atoms with Crippen LogP contribution in [-0.2, 0) is 4.79 Å². The van der Waals surface area contributed by atoms with Gasteiger partial charge in [0.05, 0.1) is 0 Å². The van der Waals surface area contributed by atoms with E-state index in [-0.39, 0.29) is 0 Å². The van der Waals surface area contributed by atoms with E-state index in [1.807, 2.05) is 16.7 Å². The Kier molecular flexibility index (Phi) is 2.31. The van der Waals surface area contributed by atoms with Crippen molar-refractivity contribution in [3.8, 4) is 0 Å². The Hall–Kier alpha value is -0.180. The monoisotopic (exact) mass is 185 g/mol. The van der Waals surface area contributed by atoms with Crippen LogP contribution in [0, 0.1) is 11.8 Å². The van der Waals surface area contributed by atoms with Crippen LogP contribution >= 0.6 is 11.8 Å². The molecule has 1 heterocycles. The Morgan fingerprint density at radius 3 is 2.50 bits per heavy atom. The van der Waals surface area contributed by atoms with E-state index in [4.69, 9.17) is 0 Å². The minimum Gasteiger partial charge on any atom is -0.341 e. The largest absolute Gasteiger partial charge is 0.341 e. The molecule has 3 heteroatoms. The summed E-state index contributed by atoms with van der Waals surface area (Å²) in [7, 11) is 0. The highest BCUT2D eigenvalue weighted by atomic mass is 32.2. The van der Waals surface area contributed by atoms with Gasteiger partial charge in [-0.05, 0) is 12.3 Å². The molecule has 0 aromatic rings. The predicted molar refractivity (Wildman–Crippen MR) is 51.2 cm³/mol. The van der Waals surface area contributed by atoms with Crippen LogP contribution in [-0.4, -0.2) is 35.4 Å². The van der Waals surface area contributed by atoms with Gasteiger partial charge < -0.3 is 4.90 Å². The van der Waals surface area contributed by atoms with Gasteiger partial charge in [-0.25, -0.2) is 0 Å². The highest BCUT2D eigenvalue weighted by Gasteiger charge is 2.41. The third-order valence-electron chi connectivity index (χ3n) is 2.75. The molecule has 1 aliphatic carbocycles. The van der Waals surface area contributed by atoms with E-state index in [9.17, 15) is 4.79 Å². The van der Waals surface area contributed by atoms with E-state index in [0.717, 1.165) is 31.0 Å². The molecule has 1 aliphatic heterocycles. The molecule has 68 valence electrons. The topological polar surface area (TPSA) is 20.3 Å². The quantitative estimate of drug-likeness (QED) is 0.612. The molecule has 0 unspecified atom stereocenters. The summed E-state index contributed by atoms with van der Waals surface area (Å²) in [5.74, 6) is 3.72. The van der Waals surface area contributed by atoms with Gasteiger partial charge in [-0.1, -0.05) is 6.92 Å². The first-order chi connectivity index (χ1) is 5.79. The van der Waals surface area contributed by atoms with Gasteiger partial charge in [0.15, 0.2) is 0 Å². The first-order valence-electron chi connectivity index (χ1n) is 4.65. The van der Waals surface area contributed by atoms with Crippen molar-refractivity contribution in [3.05, 3.63) is 0 Å². The Morgan fingerprint density at radius 1 is 1.42 bits per heavy atom. The van der Waals surface area contributed by atoms with Crippen molar-refractivity contribution in [2.24, 2.45) is 11.8 Å². The smallest absolute Gasteiger partial charge is 0.226 e. The molecule has 0 aromatic heterocycles. The van der Waals surface area contributed by atoms with Crippen molar-refractivity contribution in [3.63, 3.8) is 0 Å². The van der Waals surface area contributed by atoms with Crippen molar-refractivity contribution >= 4 is 17.7 Å². The fourth-order valence-electron chi connectivity index (χ4n) is 1.68. The average Bonchev–Trinajstić information content (AvgIpc) is 2.83. The second-order valence-electron chi connectivity index (χ2n) is 3.76. The fraction of sp³-hybridized carbons (Fsp3) is 0.889. The van der Waals surface area contributed by atoms with Crippen molar-refractivity contribution in [2.45, 2.75) is 13.3 Å². The molecule has 2 nitrogen and oxygen atoms in total. The number of rotatable bonds is 1. The maximum atomic E-state index is 11.7. The number of thioether (sulfide) groups is 1. The summed E-state index contributed by atoms with van der Waals surface area (Å²) in [5.41, 5.74) is 0. The van der Waals surface area contributed by atoms with Gasteiger partial charge in [0, 0.05) is 30.5 Å². The maximum absolute atomic E-state index is 11.7. The Bertz CT molecular complexity index is 189. The van der Waals surface area contributed by atoms with Gasteiger partial charge in [-0.2, -0.15) is 11.8 Å². The Labute approximate surface area is 77.7 Å². The van der Waals surface area contributed by atoms with E-state index < -0.39 is 0 Å². The van der Waals surface area contributed by atoms with Crippen LogP contribution in [0.1, 0.15) is 13.3 Å².